The molecule has 7 nitrogen and oxygen atoms in total. The molecule has 158 valence electrons. The molecule has 0 fully saturated rings. The standard InChI is InChI=1S/C24H19N5O2S/c25-23(31)18-11-13-19(14-12-18)26-20(30)15-32-24-27-21(16-7-3-1-4-8-16)22(28-29-24)17-9-5-2-6-10-17/h1-14H,15H2,(H2,25,31)(H,26,30). The Hall–Kier alpha value is -4.04. The maximum atomic E-state index is 12.3. The first-order valence-corrected chi connectivity index (χ1v) is 10.8. The molecule has 0 aliphatic rings. The summed E-state index contributed by atoms with van der Waals surface area (Å²) in [5, 5.41) is 11.8. The number of hydrogen-bond acceptors (Lipinski definition) is 6. The Balaban J connectivity index is 1.50. The largest absolute Gasteiger partial charge is 0.366 e. The molecule has 0 spiro atoms. The van der Waals surface area contributed by atoms with E-state index in [-0.39, 0.29) is 11.7 Å². The van der Waals surface area contributed by atoms with Crippen LogP contribution < -0.4 is 11.1 Å². The van der Waals surface area contributed by atoms with Crippen molar-refractivity contribution in [3.8, 4) is 22.5 Å². The van der Waals surface area contributed by atoms with Gasteiger partial charge in [-0.1, -0.05) is 72.4 Å². The van der Waals surface area contributed by atoms with Gasteiger partial charge < -0.3 is 11.1 Å². The summed E-state index contributed by atoms with van der Waals surface area (Å²) in [5.74, 6) is -0.631. The SMILES string of the molecule is NC(=O)c1ccc(NC(=O)CSc2nnc(-c3ccccc3)c(-c3ccccc3)n2)cc1. The van der Waals surface area contributed by atoms with Crippen molar-refractivity contribution in [1.82, 2.24) is 15.2 Å². The van der Waals surface area contributed by atoms with Gasteiger partial charge in [0.15, 0.2) is 0 Å². The van der Waals surface area contributed by atoms with E-state index in [1.54, 1.807) is 24.3 Å². The summed E-state index contributed by atoms with van der Waals surface area (Å²) in [4.78, 5) is 28.2. The Morgan fingerprint density at radius 3 is 1.97 bits per heavy atom. The highest BCUT2D eigenvalue weighted by Crippen LogP contribution is 2.29. The quantitative estimate of drug-likeness (QED) is 0.419. The van der Waals surface area contributed by atoms with E-state index < -0.39 is 5.91 Å². The van der Waals surface area contributed by atoms with Crippen molar-refractivity contribution >= 4 is 29.3 Å². The number of hydrogen-bond donors (Lipinski definition) is 2. The molecule has 8 heteroatoms. The number of primary amides is 1. The number of aromatic nitrogens is 3. The van der Waals surface area contributed by atoms with Gasteiger partial charge in [0, 0.05) is 22.4 Å². The molecule has 0 unspecified atom stereocenters. The minimum absolute atomic E-state index is 0.109. The molecule has 3 aromatic carbocycles. The van der Waals surface area contributed by atoms with Gasteiger partial charge in [0.25, 0.3) is 0 Å². The van der Waals surface area contributed by atoms with Crippen LogP contribution in [-0.2, 0) is 4.79 Å². The lowest BCUT2D eigenvalue weighted by molar-refractivity contribution is -0.113. The van der Waals surface area contributed by atoms with Gasteiger partial charge in [-0.05, 0) is 24.3 Å². The number of carbonyl (C=O) groups is 2. The number of anilines is 1. The summed E-state index contributed by atoms with van der Waals surface area (Å²) < 4.78 is 0. The van der Waals surface area contributed by atoms with Crippen molar-refractivity contribution in [3.63, 3.8) is 0 Å². The van der Waals surface area contributed by atoms with Crippen LogP contribution >= 0.6 is 11.8 Å². The fourth-order valence-corrected chi connectivity index (χ4v) is 3.59. The first-order valence-electron chi connectivity index (χ1n) is 9.78. The van der Waals surface area contributed by atoms with Gasteiger partial charge in [-0.15, -0.1) is 10.2 Å². The maximum absolute atomic E-state index is 12.3. The smallest absolute Gasteiger partial charge is 0.248 e. The van der Waals surface area contributed by atoms with Crippen LogP contribution in [0.1, 0.15) is 10.4 Å². The molecule has 0 saturated carbocycles. The highest BCUT2D eigenvalue weighted by molar-refractivity contribution is 7.99. The second-order valence-corrected chi connectivity index (χ2v) is 7.74. The molecule has 0 saturated heterocycles. The Morgan fingerprint density at radius 2 is 1.38 bits per heavy atom. The third kappa shape index (κ3) is 5.16. The van der Waals surface area contributed by atoms with E-state index in [4.69, 9.17) is 5.73 Å². The first-order chi connectivity index (χ1) is 15.6. The van der Waals surface area contributed by atoms with Crippen molar-refractivity contribution in [2.24, 2.45) is 5.73 Å². The second-order valence-electron chi connectivity index (χ2n) is 6.80. The third-order valence-corrected chi connectivity index (χ3v) is 5.38. The predicted molar refractivity (Wildman–Crippen MR) is 125 cm³/mol. The van der Waals surface area contributed by atoms with Gasteiger partial charge in [0.05, 0.1) is 5.75 Å². The summed E-state index contributed by atoms with van der Waals surface area (Å²) in [7, 11) is 0. The average molecular weight is 442 g/mol. The molecule has 1 heterocycles. The molecule has 0 radical (unpaired) electrons. The zero-order valence-electron chi connectivity index (χ0n) is 16.9. The number of nitrogens with one attached hydrogen (secondary N) is 1. The number of benzene rings is 3. The molecule has 0 bridgehead atoms. The normalized spacial score (nSPS) is 10.5. The third-order valence-electron chi connectivity index (χ3n) is 4.55. The monoisotopic (exact) mass is 441 g/mol. The lowest BCUT2D eigenvalue weighted by atomic mass is 10.0. The summed E-state index contributed by atoms with van der Waals surface area (Å²) in [6, 6.07) is 25.9. The van der Waals surface area contributed by atoms with Gasteiger partial charge in [0.1, 0.15) is 11.4 Å². The van der Waals surface area contributed by atoms with Gasteiger partial charge in [-0.2, -0.15) is 0 Å². The van der Waals surface area contributed by atoms with Crippen molar-refractivity contribution in [3.05, 3.63) is 90.5 Å². The van der Waals surface area contributed by atoms with Gasteiger partial charge in [-0.25, -0.2) is 4.98 Å². The Labute approximate surface area is 189 Å². The van der Waals surface area contributed by atoms with E-state index in [1.165, 1.54) is 11.8 Å². The average Bonchev–Trinajstić information content (AvgIpc) is 2.84. The van der Waals surface area contributed by atoms with E-state index in [9.17, 15) is 9.59 Å². The van der Waals surface area contributed by atoms with E-state index in [1.807, 2.05) is 60.7 Å². The number of nitrogens with zero attached hydrogens (tertiary/aromatic N) is 3. The summed E-state index contributed by atoms with van der Waals surface area (Å²) >= 11 is 1.20. The number of rotatable bonds is 7. The number of amides is 2. The van der Waals surface area contributed by atoms with E-state index >= 15 is 0 Å². The molecule has 1 aromatic heterocycles. The molecule has 0 aliphatic heterocycles. The lowest BCUT2D eigenvalue weighted by Crippen LogP contribution is -2.15. The van der Waals surface area contributed by atoms with Crippen molar-refractivity contribution < 1.29 is 9.59 Å². The fourth-order valence-electron chi connectivity index (χ4n) is 3.00. The summed E-state index contributed by atoms with van der Waals surface area (Å²) in [6.45, 7) is 0. The van der Waals surface area contributed by atoms with Crippen molar-refractivity contribution in [2.75, 3.05) is 11.1 Å². The summed E-state index contributed by atoms with van der Waals surface area (Å²) in [5.41, 5.74) is 9.40. The minimum atomic E-state index is -0.517. The molecule has 32 heavy (non-hydrogen) atoms. The van der Waals surface area contributed by atoms with Crippen LogP contribution in [-0.4, -0.2) is 32.7 Å². The molecule has 4 aromatic rings. The summed E-state index contributed by atoms with van der Waals surface area (Å²) in [6.07, 6.45) is 0. The number of carbonyl (C=O) groups excluding carboxylic acids is 2. The molecule has 2 amide bonds. The highest BCUT2D eigenvalue weighted by Gasteiger charge is 2.14. The maximum Gasteiger partial charge on any atom is 0.248 e. The van der Waals surface area contributed by atoms with E-state index in [2.05, 4.69) is 20.5 Å². The molecule has 0 aliphatic carbocycles. The first kappa shape index (κ1) is 21.2. The topological polar surface area (TPSA) is 111 Å². The number of nitrogens with two attached hydrogens (primary N) is 1. The molecular formula is C24H19N5O2S. The van der Waals surface area contributed by atoms with Gasteiger partial charge in [-0.3, -0.25) is 9.59 Å². The molecule has 3 N–H and O–H groups in total. The fraction of sp³-hybridized carbons (Fsp3) is 0.0417. The predicted octanol–water partition coefficient (Wildman–Crippen LogP) is 4.04. The lowest BCUT2D eigenvalue weighted by Gasteiger charge is -2.09. The van der Waals surface area contributed by atoms with Crippen LogP contribution in [0.4, 0.5) is 5.69 Å². The Bertz CT molecular complexity index is 1230. The van der Waals surface area contributed by atoms with Crippen LogP contribution in [0.2, 0.25) is 0 Å². The molecule has 0 atom stereocenters. The van der Waals surface area contributed by atoms with E-state index in [0.717, 1.165) is 11.1 Å². The van der Waals surface area contributed by atoms with Gasteiger partial charge >= 0.3 is 0 Å². The van der Waals surface area contributed by atoms with Crippen LogP contribution in [0, 0.1) is 0 Å². The number of thioether (sulfide) groups is 1. The zero-order valence-corrected chi connectivity index (χ0v) is 17.8. The van der Waals surface area contributed by atoms with Crippen molar-refractivity contribution in [1.29, 1.82) is 0 Å². The zero-order chi connectivity index (χ0) is 22.3. The Morgan fingerprint density at radius 1 is 0.781 bits per heavy atom. The minimum Gasteiger partial charge on any atom is -0.366 e. The van der Waals surface area contributed by atoms with Gasteiger partial charge in [0.2, 0.25) is 17.0 Å². The second kappa shape index (κ2) is 9.84. The van der Waals surface area contributed by atoms with Crippen LogP contribution in [0.5, 0.6) is 0 Å². The van der Waals surface area contributed by atoms with Crippen LogP contribution in [0.3, 0.4) is 0 Å². The molecule has 4 rings (SSSR count). The van der Waals surface area contributed by atoms with Crippen LogP contribution in [0.15, 0.2) is 90.1 Å². The van der Waals surface area contributed by atoms with Crippen LogP contribution in [0.25, 0.3) is 22.5 Å². The molecular weight excluding hydrogens is 422 g/mol. The Kier molecular flexibility index (Phi) is 6.52. The van der Waals surface area contributed by atoms with E-state index in [0.29, 0.717) is 27.8 Å². The highest BCUT2D eigenvalue weighted by atomic mass is 32.2. The van der Waals surface area contributed by atoms with Crippen molar-refractivity contribution in [2.45, 2.75) is 5.16 Å².